The number of carbonyl (C=O) groups is 2. The number of ether oxygens (including phenoxy) is 3. The number of hydrogen-bond acceptors (Lipinski definition) is 5. The molecule has 1 saturated heterocycles. The second kappa shape index (κ2) is 9.62. The molecule has 3 atom stereocenters. The molecule has 2 aromatic carbocycles. The van der Waals surface area contributed by atoms with Gasteiger partial charge in [-0.3, -0.25) is 9.59 Å². The second-order valence-electron chi connectivity index (χ2n) is 8.22. The summed E-state index contributed by atoms with van der Waals surface area (Å²) in [6.45, 7) is 2.30. The molecule has 0 spiro atoms. The van der Waals surface area contributed by atoms with Crippen LogP contribution in [-0.2, 0) is 23.8 Å². The number of carboxylic acids is 1. The van der Waals surface area contributed by atoms with Gasteiger partial charge >= 0.3 is 11.9 Å². The largest absolute Gasteiger partial charge is 0.481 e. The molecule has 4 rings (SSSR count). The first-order chi connectivity index (χ1) is 15.1. The van der Waals surface area contributed by atoms with Crippen LogP contribution in [0.4, 0.5) is 0 Å². The van der Waals surface area contributed by atoms with E-state index in [4.69, 9.17) is 14.2 Å². The van der Waals surface area contributed by atoms with Gasteiger partial charge in [0.1, 0.15) is 6.61 Å². The maximum absolute atomic E-state index is 12.7. The Hall–Kier alpha value is -2.70. The van der Waals surface area contributed by atoms with Crippen molar-refractivity contribution in [3.05, 3.63) is 59.7 Å². The molecule has 6 heteroatoms. The van der Waals surface area contributed by atoms with E-state index in [0.717, 1.165) is 41.5 Å². The first kappa shape index (κ1) is 21.5. The minimum absolute atomic E-state index is 0.0567. The van der Waals surface area contributed by atoms with E-state index in [1.54, 1.807) is 6.92 Å². The standard InChI is InChI=1S/C25H28O6/c1-16(21(24(26)27)14-30-23-12-6-7-13-29-23)25(28)31-15-22-19-10-4-2-8-17(19)18-9-3-5-11-20(18)22/h2-5,8-11,16,21-23H,6-7,12-15H2,1H3,(H,26,27)/t16?,21-,23?/m1/s1. The molecule has 6 nitrogen and oxygen atoms in total. The van der Waals surface area contributed by atoms with Crippen molar-refractivity contribution in [1.82, 2.24) is 0 Å². The first-order valence-corrected chi connectivity index (χ1v) is 10.9. The first-order valence-electron chi connectivity index (χ1n) is 10.9. The smallest absolute Gasteiger partial charge is 0.309 e. The van der Waals surface area contributed by atoms with Crippen LogP contribution in [0.15, 0.2) is 48.5 Å². The zero-order valence-corrected chi connectivity index (χ0v) is 17.7. The van der Waals surface area contributed by atoms with Crippen molar-refractivity contribution in [2.45, 2.75) is 38.4 Å². The van der Waals surface area contributed by atoms with E-state index >= 15 is 0 Å². The quantitative estimate of drug-likeness (QED) is 0.639. The van der Waals surface area contributed by atoms with Gasteiger partial charge in [0, 0.05) is 12.5 Å². The van der Waals surface area contributed by atoms with Gasteiger partial charge in [-0.1, -0.05) is 55.5 Å². The predicted molar refractivity (Wildman–Crippen MR) is 115 cm³/mol. The molecule has 0 bridgehead atoms. The molecular weight excluding hydrogens is 396 g/mol. The third-order valence-electron chi connectivity index (χ3n) is 6.25. The lowest BCUT2D eigenvalue weighted by Gasteiger charge is -2.26. The SMILES string of the molecule is CC(C(=O)OCC1c2ccccc2-c2ccccc21)[C@@H](COC1CCCCO1)C(=O)O. The summed E-state index contributed by atoms with van der Waals surface area (Å²) in [5.74, 6) is -3.47. The van der Waals surface area contributed by atoms with Crippen molar-refractivity contribution in [2.75, 3.05) is 19.8 Å². The van der Waals surface area contributed by atoms with Crippen LogP contribution in [-0.4, -0.2) is 43.2 Å². The van der Waals surface area contributed by atoms with E-state index in [0.29, 0.717) is 6.61 Å². The Bertz CT molecular complexity index is 888. The fraction of sp³-hybridized carbons (Fsp3) is 0.440. The van der Waals surface area contributed by atoms with Gasteiger partial charge in [0.2, 0.25) is 0 Å². The zero-order chi connectivity index (χ0) is 21.8. The van der Waals surface area contributed by atoms with Gasteiger partial charge in [-0.15, -0.1) is 0 Å². The Morgan fingerprint density at radius 2 is 1.71 bits per heavy atom. The van der Waals surface area contributed by atoms with Gasteiger partial charge in [-0.2, -0.15) is 0 Å². The average molecular weight is 424 g/mol. The molecule has 0 saturated carbocycles. The Morgan fingerprint density at radius 3 is 2.29 bits per heavy atom. The van der Waals surface area contributed by atoms with Crippen LogP contribution in [0.25, 0.3) is 11.1 Å². The molecular formula is C25H28O6. The number of rotatable bonds is 8. The Kier molecular flexibility index (Phi) is 6.68. The summed E-state index contributed by atoms with van der Waals surface area (Å²) in [5, 5.41) is 9.63. The minimum Gasteiger partial charge on any atom is -0.481 e. The maximum Gasteiger partial charge on any atom is 0.309 e. The van der Waals surface area contributed by atoms with Crippen LogP contribution >= 0.6 is 0 Å². The number of fused-ring (bicyclic) bond motifs is 3. The molecule has 1 heterocycles. The van der Waals surface area contributed by atoms with Crippen LogP contribution in [0.5, 0.6) is 0 Å². The van der Waals surface area contributed by atoms with Crippen LogP contribution in [0.1, 0.15) is 43.2 Å². The summed E-state index contributed by atoms with van der Waals surface area (Å²) in [4.78, 5) is 24.5. The van der Waals surface area contributed by atoms with Crippen LogP contribution < -0.4 is 0 Å². The highest BCUT2D eigenvalue weighted by atomic mass is 16.7. The number of hydrogen-bond donors (Lipinski definition) is 1. The maximum atomic E-state index is 12.7. The summed E-state index contributed by atoms with van der Waals surface area (Å²) >= 11 is 0. The van der Waals surface area contributed by atoms with Crippen LogP contribution in [0.2, 0.25) is 0 Å². The molecule has 1 fully saturated rings. The average Bonchev–Trinajstić information content (AvgIpc) is 3.11. The summed E-state index contributed by atoms with van der Waals surface area (Å²) in [5.41, 5.74) is 4.54. The normalized spacial score (nSPS) is 19.8. The van der Waals surface area contributed by atoms with Crippen molar-refractivity contribution in [3.63, 3.8) is 0 Å². The molecule has 0 radical (unpaired) electrons. The number of aliphatic carboxylic acids is 1. The highest BCUT2D eigenvalue weighted by Gasteiger charge is 2.34. The third-order valence-corrected chi connectivity index (χ3v) is 6.25. The lowest BCUT2D eigenvalue weighted by Crippen LogP contribution is -2.35. The molecule has 1 N–H and O–H groups in total. The topological polar surface area (TPSA) is 82.1 Å². The lowest BCUT2D eigenvalue weighted by molar-refractivity contribution is -0.182. The monoisotopic (exact) mass is 424 g/mol. The van der Waals surface area contributed by atoms with E-state index in [1.165, 1.54) is 0 Å². The van der Waals surface area contributed by atoms with Crippen molar-refractivity contribution in [2.24, 2.45) is 11.8 Å². The van der Waals surface area contributed by atoms with Gasteiger partial charge in [0.25, 0.3) is 0 Å². The summed E-state index contributed by atoms with van der Waals surface area (Å²) in [6.07, 6.45) is 2.32. The summed E-state index contributed by atoms with van der Waals surface area (Å²) in [7, 11) is 0. The fourth-order valence-electron chi connectivity index (χ4n) is 4.38. The highest BCUT2D eigenvalue weighted by molar-refractivity contribution is 5.82. The molecule has 2 unspecified atom stereocenters. The molecule has 0 amide bonds. The summed E-state index contributed by atoms with van der Waals surface area (Å²) in [6, 6.07) is 16.2. The molecule has 1 aliphatic carbocycles. The Balaban J connectivity index is 1.39. The van der Waals surface area contributed by atoms with Gasteiger partial charge in [0.05, 0.1) is 18.4 Å². The second-order valence-corrected chi connectivity index (χ2v) is 8.22. The lowest BCUT2D eigenvalue weighted by atomic mass is 9.94. The number of esters is 1. The minimum atomic E-state index is -1.07. The number of carbonyl (C=O) groups excluding carboxylic acids is 1. The van der Waals surface area contributed by atoms with E-state index in [-0.39, 0.29) is 19.1 Å². The molecule has 31 heavy (non-hydrogen) atoms. The van der Waals surface area contributed by atoms with Gasteiger partial charge < -0.3 is 19.3 Å². The van der Waals surface area contributed by atoms with E-state index in [9.17, 15) is 14.7 Å². The van der Waals surface area contributed by atoms with Gasteiger partial charge in [0.15, 0.2) is 6.29 Å². The number of benzene rings is 2. The Morgan fingerprint density at radius 1 is 1.06 bits per heavy atom. The van der Waals surface area contributed by atoms with E-state index < -0.39 is 30.1 Å². The van der Waals surface area contributed by atoms with Gasteiger partial charge in [-0.25, -0.2) is 0 Å². The van der Waals surface area contributed by atoms with Gasteiger partial charge in [-0.05, 0) is 41.5 Å². The fourth-order valence-corrected chi connectivity index (χ4v) is 4.38. The Labute approximate surface area is 182 Å². The zero-order valence-electron chi connectivity index (χ0n) is 17.7. The predicted octanol–water partition coefficient (Wildman–Crippen LogP) is 4.22. The van der Waals surface area contributed by atoms with Crippen LogP contribution in [0.3, 0.4) is 0 Å². The van der Waals surface area contributed by atoms with E-state index in [1.807, 2.05) is 24.3 Å². The van der Waals surface area contributed by atoms with Crippen molar-refractivity contribution in [1.29, 1.82) is 0 Å². The van der Waals surface area contributed by atoms with Crippen molar-refractivity contribution < 1.29 is 28.9 Å². The molecule has 0 aromatic heterocycles. The van der Waals surface area contributed by atoms with Crippen molar-refractivity contribution in [3.8, 4) is 11.1 Å². The molecule has 2 aliphatic rings. The molecule has 2 aromatic rings. The van der Waals surface area contributed by atoms with Crippen LogP contribution in [0, 0.1) is 11.8 Å². The van der Waals surface area contributed by atoms with E-state index in [2.05, 4.69) is 24.3 Å². The highest BCUT2D eigenvalue weighted by Crippen LogP contribution is 2.44. The van der Waals surface area contributed by atoms with Crippen molar-refractivity contribution >= 4 is 11.9 Å². The third kappa shape index (κ3) is 4.65. The molecule has 164 valence electrons. The summed E-state index contributed by atoms with van der Waals surface area (Å²) < 4.78 is 16.8. The molecule has 1 aliphatic heterocycles. The number of carboxylic acid groups (broad SMARTS) is 1.